The van der Waals surface area contributed by atoms with Crippen LogP contribution in [0.25, 0.3) is 0 Å². The predicted molar refractivity (Wildman–Crippen MR) is 119 cm³/mol. The third-order valence-corrected chi connectivity index (χ3v) is 3.49. The van der Waals surface area contributed by atoms with Crippen LogP contribution in [0.2, 0.25) is 0 Å². The zero-order valence-corrected chi connectivity index (χ0v) is 19.2. The Morgan fingerprint density at radius 3 is 2.44 bits per heavy atom. The van der Waals surface area contributed by atoms with Gasteiger partial charge in [0.05, 0.1) is 33.0 Å². The maximum Gasteiger partial charge on any atom is 0.191 e. The lowest BCUT2D eigenvalue weighted by molar-refractivity contribution is 0.0733. The van der Waals surface area contributed by atoms with Crippen molar-refractivity contribution in [2.75, 3.05) is 60.3 Å². The molecule has 8 heteroatoms. The molecule has 0 amide bonds. The molecule has 0 bridgehead atoms. The van der Waals surface area contributed by atoms with Crippen LogP contribution >= 0.6 is 24.0 Å². The van der Waals surface area contributed by atoms with Crippen molar-refractivity contribution < 1.29 is 18.9 Å². The summed E-state index contributed by atoms with van der Waals surface area (Å²) in [5.74, 6) is 1.61. The molecule has 1 aromatic rings. The minimum atomic E-state index is 0. The van der Waals surface area contributed by atoms with Gasteiger partial charge in [-0.2, -0.15) is 0 Å². The van der Waals surface area contributed by atoms with Gasteiger partial charge in [-0.1, -0.05) is 12.1 Å². The molecule has 1 rings (SSSR count). The average Bonchev–Trinajstić information content (AvgIpc) is 2.63. The smallest absolute Gasteiger partial charge is 0.191 e. The van der Waals surface area contributed by atoms with Crippen molar-refractivity contribution in [2.24, 2.45) is 4.99 Å². The van der Waals surface area contributed by atoms with Crippen LogP contribution in [0.5, 0.6) is 5.75 Å². The molecule has 0 aliphatic carbocycles. The number of nitrogens with zero attached hydrogens (tertiary/aromatic N) is 1. The van der Waals surface area contributed by atoms with Gasteiger partial charge in [0.25, 0.3) is 0 Å². The first kappa shape index (κ1) is 25.9. The van der Waals surface area contributed by atoms with E-state index in [-0.39, 0.29) is 24.0 Å². The number of rotatable bonds is 13. The Balaban J connectivity index is 0.00000676. The number of guanidine groups is 1. The van der Waals surface area contributed by atoms with Gasteiger partial charge < -0.3 is 29.6 Å². The predicted octanol–water partition coefficient (Wildman–Crippen LogP) is 2.36. The SMILES string of the molecule is CCNC(=NCc1ccc(C)cc1OCCOC)NCCOCCOC.I. The number of aliphatic imine (C=N–C) groups is 1. The zero-order valence-electron chi connectivity index (χ0n) is 16.9. The first-order valence-electron chi connectivity index (χ1n) is 9.01. The number of ether oxygens (including phenoxy) is 4. The molecule has 0 atom stereocenters. The quantitative estimate of drug-likeness (QED) is 0.190. The number of halogens is 1. The average molecular weight is 495 g/mol. The Labute approximate surface area is 180 Å². The second kappa shape index (κ2) is 17.0. The summed E-state index contributed by atoms with van der Waals surface area (Å²) in [5.41, 5.74) is 2.20. The fourth-order valence-corrected chi connectivity index (χ4v) is 2.15. The van der Waals surface area contributed by atoms with Crippen molar-refractivity contribution >= 4 is 29.9 Å². The lowest BCUT2D eigenvalue weighted by Gasteiger charge is -2.13. The Morgan fingerprint density at radius 2 is 1.74 bits per heavy atom. The first-order valence-corrected chi connectivity index (χ1v) is 9.01. The first-order chi connectivity index (χ1) is 12.7. The Kier molecular flexibility index (Phi) is 16.3. The minimum absolute atomic E-state index is 0. The van der Waals surface area contributed by atoms with E-state index in [4.69, 9.17) is 18.9 Å². The molecule has 0 unspecified atom stereocenters. The maximum absolute atomic E-state index is 5.82. The Morgan fingerprint density at radius 1 is 1.00 bits per heavy atom. The molecule has 0 saturated carbocycles. The van der Waals surface area contributed by atoms with Crippen molar-refractivity contribution in [3.63, 3.8) is 0 Å². The summed E-state index contributed by atoms with van der Waals surface area (Å²) >= 11 is 0. The monoisotopic (exact) mass is 495 g/mol. The number of nitrogens with one attached hydrogen (secondary N) is 2. The molecule has 2 N–H and O–H groups in total. The second-order valence-electron chi connectivity index (χ2n) is 5.68. The Hall–Kier alpha value is -1.10. The largest absolute Gasteiger partial charge is 0.491 e. The van der Waals surface area contributed by atoms with Crippen LogP contribution in [0, 0.1) is 6.92 Å². The molecule has 156 valence electrons. The standard InChI is InChI=1S/C19H33N3O4.HI/c1-5-20-19(21-8-9-25-12-10-23-3)22-15-17-7-6-16(2)14-18(17)26-13-11-24-4;/h6-7,14H,5,8-13,15H2,1-4H3,(H2,20,21,22);1H. The van der Waals surface area contributed by atoms with E-state index in [2.05, 4.69) is 27.8 Å². The van der Waals surface area contributed by atoms with E-state index in [9.17, 15) is 0 Å². The van der Waals surface area contributed by atoms with Crippen molar-refractivity contribution in [1.82, 2.24) is 10.6 Å². The van der Waals surface area contributed by atoms with E-state index in [1.54, 1.807) is 14.2 Å². The van der Waals surface area contributed by atoms with Gasteiger partial charge in [-0.05, 0) is 25.5 Å². The van der Waals surface area contributed by atoms with Gasteiger partial charge in [-0.3, -0.25) is 0 Å². The number of methoxy groups -OCH3 is 2. The van der Waals surface area contributed by atoms with Crippen molar-refractivity contribution in [3.8, 4) is 5.75 Å². The molecule has 27 heavy (non-hydrogen) atoms. The molecule has 0 aliphatic rings. The van der Waals surface area contributed by atoms with Crippen LogP contribution in [0.4, 0.5) is 0 Å². The van der Waals surface area contributed by atoms with Crippen LogP contribution < -0.4 is 15.4 Å². The van der Waals surface area contributed by atoms with Gasteiger partial charge >= 0.3 is 0 Å². The molecule has 0 aromatic heterocycles. The molecule has 0 heterocycles. The topological polar surface area (TPSA) is 73.3 Å². The summed E-state index contributed by atoms with van der Waals surface area (Å²) in [5, 5.41) is 6.50. The summed E-state index contributed by atoms with van der Waals surface area (Å²) in [4.78, 5) is 4.64. The van der Waals surface area contributed by atoms with E-state index in [0.717, 1.165) is 29.4 Å². The summed E-state index contributed by atoms with van der Waals surface area (Å²) in [6.07, 6.45) is 0. The minimum Gasteiger partial charge on any atom is -0.491 e. The lowest BCUT2D eigenvalue weighted by atomic mass is 10.1. The summed E-state index contributed by atoms with van der Waals surface area (Å²) in [6, 6.07) is 6.15. The molecule has 0 fully saturated rings. The number of hydrogen-bond donors (Lipinski definition) is 2. The van der Waals surface area contributed by atoms with Crippen LogP contribution in [0.15, 0.2) is 23.2 Å². The fourth-order valence-electron chi connectivity index (χ4n) is 2.15. The van der Waals surface area contributed by atoms with Gasteiger partial charge in [0.2, 0.25) is 0 Å². The summed E-state index contributed by atoms with van der Waals surface area (Å²) in [7, 11) is 3.33. The second-order valence-corrected chi connectivity index (χ2v) is 5.68. The molecular formula is C19H34IN3O4. The molecule has 0 saturated heterocycles. The van der Waals surface area contributed by atoms with Crippen molar-refractivity contribution in [3.05, 3.63) is 29.3 Å². The van der Waals surface area contributed by atoms with Crippen molar-refractivity contribution in [2.45, 2.75) is 20.4 Å². The van der Waals surface area contributed by atoms with Gasteiger partial charge in [-0.25, -0.2) is 4.99 Å². The highest BCUT2D eigenvalue weighted by Gasteiger charge is 2.05. The molecule has 0 spiro atoms. The summed E-state index contributed by atoms with van der Waals surface area (Å²) < 4.78 is 21.3. The molecule has 1 aromatic carbocycles. The van der Waals surface area contributed by atoms with Gasteiger partial charge in [0, 0.05) is 32.9 Å². The van der Waals surface area contributed by atoms with Crippen LogP contribution in [0.1, 0.15) is 18.1 Å². The lowest BCUT2D eigenvalue weighted by Crippen LogP contribution is -2.39. The van der Waals surface area contributed by atoms with Gasteiger partial charge in [-0.15, -0.1) is 24.0 Å². The number of benzene rings is 1. The van der Waals surface area contributed by atoms with E-state index in [1.807, 2.05) is 19.9 Å². The van der Waals surface area contributed by atoms with E-state index in [1.165, 1.54) is 0 Å². The molecule has 0 aliphatic heterocycles. The summed E-state index contributed by atoms with van der Waals surface area (Å²) in [6.45, 7) is 8.97. The highest BCUT2D eigenvalue weighted by molar-refractivity contribution is 14.0. The van der Waals surface area contributed by atoms with Crippen LogP contribution in [-0.4, -0.2) is 66.3 Å². The third-order valence-electron chi connectivity index (χ3n) is 3.49. The van der Waals surface area contributed by atoms with Gasteiger partial charge in [0.1, 0.15) is 12.4 Å². The number of hydrogen-bond acceptors (Lipinski definition) is 5. The zero-order chi connectivity index (χ0) is 19.0. The van der Waals surface area contributed by atoms with Crippen molar-refractivity contribution in [1.29, 1.82) is 0 Å². The van der Waals surface area contributed by atoms with E-state index >= 15 is 0 Å². The van der Waals surface area contributed by atoms with Crippen LogP contribution in [-0.2, 0) is 20.8 Å². The molecular weight excluding hydrogens is 461 g/mol. The molecule has 0 radical (unpaired) electrons. The van der Waals surface area contributed by atoms with Gasteiger partial charge in [0.15, 0.2) is 5.96 Å². The highest BCUT2D eigenvalue weighted by atomic mass is 127. The fraction of sp³-hybridized carbons (Fsp3) is 0.632. The molecule has 7 nitrogen and oxygen atoms in total. The number of aryl methyl sites for hydroxylation is 1. The third kappa shape index (κ3) is 12.1. The maximum atomic E-state index is 5.82. The highest BCUT2D eigenvalue weighted by Crippen LogP contribution is 2.21. The Bertz CT molecular complexity index is 530. The van der Waals surface area contributed by atoms with Crippen LogP contribution in [0.3, 0.4) is 0 Å². The normalized spacial score (nSPS) is 11.0. The van der Waals surface area contributed by atoms with E-state index < -0.39 is 0 Å². The van der Waals surface area contributed by atoms with E-state index in [0.29, 0.717) is 46.1 Å².